The summed E-state index contributed by atoms with van der Waals surface area (Å²) in [6.45, 7) is 7.92. The normalized spacial score (nSPS) is 16.2. The van der Waals surface area contributed by atoms with Crippen molar-refractivity contribution in [1.29, 1.82) is 0 Å². The molecular formula is C21H26ClN3O2. The molecule has 1 aliphatic heterocycles. The van der Waals surface area contributed by atoms with Gasteiger partial charge >= 0.3 is 0 Å². The van der Waals surface area contributed by atoms with Crippen LogP contribution < -0.4 is 4.74 Å². The van der Waals surface area contributed by atoms with Crippen LogP contribution in [0.4, 0.5) is 0 Å². The summed E-state index contributed by atoms with van der Waals surface area (Å²) < 4.78 is 5.83. The first-order valence-corrected chi connectivity index (χ1v) is 9.74. The highest BCUT2D eigenvalue weighted by Crippen LogP contribution is 2.22. The van der Waals surface area contributed by atoms with Gasteiger partial charge < -0.3 is 9.64 Å². The van der Waals surface area contributed by atoms with E-state index in [2.05, 4.69) is 16.0 Å². The standard InChI is InChI=1S/C21H26ClN3O2/c1-16-15-19(6-7-20(16)22)27-17(2)21(26)25-13-11-24(12-14-25)10-8-18-5-3-4-9-23-18/h3-7,9,15,17H,8,10-14H2,1-2H3/t17-/m0/s1. The van der Waals surface area contributed by atoms with Gasteiger partial charge in [-0.2, -0.15) is 0 Å². The van der Waals surface area contributed by atoms with Crippen LogP contribution >= 0.6 is 11.6 Å². The Balaban J connectivity index is 1.45. The number of halogens is 1. The summed E-state index contributed by atoms with van der Waals surface area (Å²) in [5, 5.41) is 0.697. The zero-order chi connectivity index (χ0) is 19.2. The average Bonchev–Trinajstić information content (AvgIpc) is 2.70. The van der Waals surface area contributed by atoms with Crippen LogP contribution in [0, 0.1) is 6.92 Å². The summed E-state index contributed by atoms with van der Waals surface area (Å²) in [6.07, 6.45) is 2.25. The van der Waals surface area contributed by atoms with Crippen LogP contribution in [0.2, 0.25) is 5.02 Å². The number of aromatic nitrogens is 1. The Bertz CT molecular complexity index is 761. The number of pyridine rings is 1. The lowest BCUT2D eigenvalue weighted by Gasteiger charge is -2.35. The third-order valence-corrected chi connectivity index (χ3v) is 5.31. The number of amides is 1. The van der Waals surface area contributed by atoms with E-state index in [-0.39, 0.29) is 5.91 Å². The predicted molar refractivity (Wildman–Crippen MR) is 107 cm³/mol. The van der Waals surface area contributed by atoms with E-state index in [0.29, 0.717) is 10.8 Å². The van der Waals surface area contributed by atoms with Gasteiger partial charge in [0.25, 0.3) is 5.91 Å². The smallest absolute Gasteiger partial charge is 0.263 e. The molecule has 2 heterocycles. The molecule has 1 amide bonds. The van der Waals surface area contributed by atoms with Crippen LogP contribution in [-0.4, -0.2) is 59.5 Å². The van der Waals surface area contributed by atoms with Crippen molar-refractivity contribution in [2.45, 2.75) is 26.4 Å². The van der Waals surface area contributed by atoms with Crippen molar-refractivity contribution in [3.05, 3.63) is 58.9 Å². The van der Waals surface area contributed by atoms with Gasteiger partial charge in [-0.25, -0.2) is 0 Å². The second-order valence-corrected chi connectivity index (χ2v) is 7.32. The zero-order valence-corrected chi connectivity index (χ0v) is 16.7. The van der Waals surface area contributed by atoms with Crippen molar-refractivity contribution in [3.8, 4) is 5.75 Å². The van der Waals surface area contributed by atoms with Gasteiger partial charge in [-0.15, -0.1) is 0 Å². The quantitative estimate of drug-likeness (QED) is 0.763. The maximum atomic E-state index is 12.7. The minimum atomic E-state index is -0.509. The lowest BCUT2D eigenvalue weighted by atomic mass is 10.2. The highest BCUT2D eigenvalue weighted by Gasteiger charge is 2.26. The van der Waals surface area contributed by atoms with Gasteiger partial charge in [0.15, 0.2) is 6.10 Å². The highest BCUT2D eigenvalue weighted by molar-refractivity contribution is 6.31. The summed E-state index contributed by atoms with van der Waals surface area (Å²) in [5.41, 5.74) is 2.05. The van der Waals surface area contributed by atoms with Crippen LogP contribution in [0.25, 0.3) is 0 Å². The van der Waals surface area contributed by atoms with Crippen molar-refractivity contribution in [2.24, 2.45) is 0 Å². The van der Waals surface area contributed by atoms with E-state index in [9.17, 15) is 4.79 Å². The van der Waals surface area contributed by atoms with Gasteiger partial charge in [-0.1, -0.05) is 17.7 Å². The van der Waals surface area contributed by atoms with Gasteiger partial charge in [-0.3, -0.25) is 14.7 Å². The van der Waals surface area contributed by atoms with E-state index in [4.69, 9.17) is 16.3 Å². The Kier molecular flexibility index (Phi) is 6.69. The number of ether oxygens (including phenoxy) is 1. The number of benzene rings is 1. The fourth-order valence-corrected chi connectivity index (χ4v) is 3.33. The molecule has 1 aliphatic rings. The second-order valence-electron chi connectivity index (χ2n) is 6.91. The predicted octanol–water partition coefficient (Wildman–Crippen LogP) is 3.20. The Morgan fingerprint density at radius 2 is 2.00 bits per heavy atom. The fourth-order valence-electron chi connectivity index (χ4n) is 3.21. The minimum absolute atomic E-state index is 0.0342. The molecule has 0 saturated carbocycles. The van der Waals surface area contributed by atoms with Gasteiger partial charge in [0, 0.05) is 56.1 Å². The summed E-state index contributed by atoms with van der Waals surface area (Å²) in [5.74, 6) is 0.707. The molecule has 1 aromatic heterocycles. The number of rotatable bonds is 6. The first-order chi connectivity index (χ1) is 13.0. The number of hydrogen-bond donors (Lipinski definition) is 0. The van der Waals surface area contributed by atoms with Crippen LogP contribution in [0.15, 0.2) is 42.6 Å². The number of piperazine rings is 1. The molecule has 5 nitrogen and oxygen atoms in total. The maximum Gasteiger partial charge on any atom is 0.263 e. The monoisotopic (exact) mass is 387 g/mol. The molecule has 0 bridgehead atoms. The molecule has 6 heteroatoms. The Hall–Kier alpha value is -2.11. The number of aryl methyl sites for hydroxylation is 1. The molecule has 3 rings (SSSR count). The molecule has 0 aliphatic carbocycles. The van der Waals surface area contributed by atoms with Crippen LogP contribution in [0.5, 0.6) is 5.75 Å². The van der Waals surface area contributed by atoms with E-state index in [1.165, 1.54) is 0 Å². The third-order valence-electron chi connectivity index (χ3n) is 4.88. The SMILES string of the molecule is Cc1cc(O[C@@H](C)C(=O)N2CCN(CCc3ccccn3)CC2)ccc1Cl. The van der Waals surface area contributed by atoms with Crippen LogP contribution in [-0.2, 0) is 11.2 Å². The van der Waals surface area contributed by atoms with Gasteiger partial charge in [0.1, 0.15) is 5.75 Å². The van der Waals surface area contributed by atoms with E-state index >= 15 is 0 Å². The molecule has 1 aromatic carbocycles. The molecule has 1 saturated heterocycles. The third kappa shape index (κ3) is 5.44. The van der Waals surface area contributed by atoms with E-state index in [0.717, 1.165) is 50.4 Å². The zero-order valence-electron chi connectivity index (χ0n) is 15.9. The maximum absolute atomic E-state index is 12.7. The van der Waals surface area contributed by atoms with E-state index in [1.54, 1.807) is 19.1 Å². The first kappa shape index (κ1) is 19.6. The average molecular weight is 388 g/mol. The van der Waals surface area contributed by atoms with Crippen molar-refractivity contribution in [2.75, 3.05) is 32.7 Å². The topological polar surface area (TPSA) is 45.7 Å². The minimum Gasteiger partial charge on any atom is -0.481 e. The Labute approximate surface area is 165 Å². The molecule has 27 heavy (non-hydrogen) atoms. The Morgan fingerprint density at radius 1 is 1.22 bits per heavy atom. The van der Waals surface area contributed by atoms with Gasteiger partial charge in [0.05, 0.1) is 0 Å². The molecule has 2 aromatic rings. The molecule has 0 radical (unpaired) electrons. The van der Waals surface area contributed by atoms with Crippen LogP contribution in [0.1, 0.15) is 18.2 Å². The lowest BCUT2D eigenvalue weighted by molar-refractivity contribution is -0.139. The lowest BCUT2D eigenvalue weighted by Crippen LogP contribution is -2.52. The number of nitrogens with zero attached hydrogens (tertiary/aromatic N) is 3. The Morgan fingerprint density at radius 3 is 2.67 bits per heavy atom. The molecule has 0 spiro atoms. The number of hydrogen-bond acceptors (Lipinski definition) is 4. The molecule has 1 atom stereocenters. The molecule has 1 fully saturated rings. The van der Waals surface area contributed by atoms with Crippen molar-refractivity contribution in [3.63, 3.8) is 0 Å². The summed E-state index contributed by atoms with van der Waals surface area (Å²) in [4.78, 5) is 21.3. The summed E-state index contributed by atoms with van der Waals surface area (Å²) >= 11 is 6.04. The van der Waals surface area contributed by atoms with E-state index < -0.39 is 6.10 Å². The number of carbonyl (C=O) groups is 1. The fraction of sp³-hybridized carbons (Fsp3) is 0.429. The summed E-state index contributed by atoms with van der Waals surface area (Å²) in [7, 11) is 0. The van der Waals surface area contributed by atoms with Crippen molar-refractivity contribution >= 4 is 17.5 Å². The molecular weight excluding hydrogens is 362 g/mol. The second kappa shape index (κ2) is 9.20. The highest BCUT2D eigenvalue weighted by atomic mass is 35.5. The number of carbonyl (C=O) groups excluding carboxylic acids is 1. The van der Waals surface area contributed by atoms with Crippen molar-refractivity contribution < 1.29 is 9.53 Å². The van der Waals surface area contributed by atoms with Crippen molar-refractivity contribution in [1.82, 2.24) is 14.8 Å². The van der Waals surface area contributed by atoms with Gasteiger partial charge in [-0.05, 0) is 49.7 Å². The van der Waals surface area contributed by atoms with Crippen LogP contribution in [0.3, 0.4) is 0 Å². The molecule has 0 N–H and O–H groups in total. The molecule has 0 unspecified atom stereocenters. The molecule has 144 valence electrons. The first-order valence-electron chi connectivity index (χ1n) is 9.37. The largest absolute Gasteiger partial charge is 0.481 e. The van der Waals surface area contributed by atoms with E-state index in [1.807, 2.05) is 36.2 Å². The summed E-state index contributed by atoms with van der Waals surface area (Å²) in [6, 6.07) is 11.5. The van der Waals surface area contributed by atoms with Gasteiger partial charge in [0.2, 0.25) is 0 Å².